The van der Waals surface area contributed by atoms with E-state index in [-0.39, 0.29) is 17.4 Å². The number of hydrogen-bond acceptors (Lipinski definition) is 5. The number of nitrogens with zero attached hydrogens (tertiary/aromatic N) is 3. The maximum atomic E-state index is 14.1. The molecule has 0 spiro atoms. The maximum absolute atomic E-state index is 14.1. The number of hydrogen-bond donors (Lipinski definition) is 1. The number of fused-ring (bicyclic) bond motifs is 2. The van der Waals surface area contributed by atoms with Crippen LogP contribution in [0.15, 0.2) is 181 Å². The monoisotopic (exact) mass is 878 g/mol. The van der Waals surface area contributed by atoms with Crippen molar-refractivity contribution in [2.24, 2.45) is 0 Å². The van der Waals surface area contributed by atoms with Gasteiger partial charge in [-0.05, 0) is 162 Å². The van der Waals surface area contributed by atoms with Crippen molar-refractivity contribution in [2.45, 2.75) is 32.9 Å². The highest BCUT2D eigenvalue weighted by Crippen LogP contribution is 2.56. The van der Waals surface area contributed by atoms with Crippen molar-refractivity contribution in [2.75, 3.05) is 50.8 Å². The van der Waals surface area contributed by atoms with E-state index in [1.54, 1.807) is 18.2 Å². The fourth-order valence-corrected chi connectivity index (χ4v) is 17.6. The fourth-order valence-electron chi connectivity index (χ4n) is 10.1. The number of carbonyl (C=O) groups excluding carboxylic acids is 2. The summed E-state index contributed by atoms with van der Waals surface area (Å²) in [6.07, 6.45) is 8.90. The van der Waals surface area contributed by atoms with Crippen molar-refractivity contribution in [1.82, 2.24) is 9.80 Å². The van der Waals surface area contributed by atoms with Crippen molar-refractivity contribution in [3.8, 4) is 5.75 Å². The van der Waals surface area contributed by atoms with E-state index in [2.05, 4.69) is 151 Å². The van der Waals surface area contributed by atoms with Crippen molar-refractivity contribution in [3.63, 3.8) is 0 Å². The molecule has 0 atom stereocenters. The normalized spacial score (nSPS) is 16.0. The lowest BCUT2D eigenvalue weighted by Crippen LogP contribution is -2.49. The average Bonchev–Trinajstić information content (AvgIpc) is 3.33. The number of aryl methyl sites for hydroxylation is 1. The third-order valence-electron chi connectivity index (χ3n) is 13.7. The molecule has 3 aliphatic rings. The standard InChI is InChI=1S/C56H56N3O3PSi/c1-41-38-42(22-29-50(41)55-51-30-25-44(57(2)43-23-26-45(60)27-24-43)39-53(51)64(3,4)54-40-46(61)28-31-52(54)55)56(62)59-35-33-58(34-36-59)32-14-15-37-63(47-16-8-5-9-17-47,48-18-10-6-11-19-48)49-20-12-7-13-21-49/h5-13,16-31,38-40H,14-15,32-37H2,1-4H3/p+1. The van der Waals surface area contributed by atoms with E-state index in [0.29, 0.717) is 18.7 Å². The second kappa shape index (κ2) is 18.2. The number of unbranched alkanes of at least 4 members (excludes halogenated alkanes) is 1. The molecule has 0 aromatic heterocycles. The number of rotatable bonds is 12. The SMILES string of the molecule is Cc1cc(C(=O)N2CCN(CCCC[P+](c3ccccc3)(c3ccccc3)c3ccccc3)CC2)ccc1C1=C2C=CC(=O)C=C2[Si](C)(C)c2cc(N(C)c3ccc(O)cc3)ccc21. The van der Waals surface area contributed by atoms with Gasteiger partial charge in [0.15, 0.2) is 5.78 Å². The Morgan fingerprint density at radius 3 is 1.86 bits per heavy atom. The Hall–Kier alpha value is -6.11. The van der Waals surface area contributed by atoms with Gasteiger partial charge in [-0.25, -0.2) is 0 Å². The molecule has 2 aliphatic heterocycles. The van der Waals surface area contributed by atoms with E-state index < -0.39 is 15.3 Å². The van der Waals surface area contributed by atoms with Gasteiger partial charge in [0.2, 0.25) is 0 Å². The fraction of sp³-hybridized carbons (Fsp3) is 0.214. The lowest BCUT2D eigenvalue weighted by atomic mass is 9.87. The zero-order valence-corrected chi connectivity index (χ0v) is 39.3. The van der Waals surface area contributed by atoms with E-state index in [9.17, 15) is 14.7 Å². The van der Waals surface area contributed by atoms with Gasteiger partial charge in [-0.1, -0.05) is 85.9 Å². The van der Waals surface area contributed by atoms with E-state index in [1.165, 1.54) is 26.7 Å². The van der Waals surface area contributed by atoms with Gasteiger partial charge < -0.3 is 14.9 Å². The second-order valence-electron chi connectivity index (χ2n) is 17.9. The molecule has 322 valence electrons. The number of carbonyl (C=O) groups is 2. The number of aromatic hydroxyl groups is 1. The van der Waals surface area contributed by atoms with Crippen LogP contribution in [0.5, 0.6) is 5.75 Å². The first-order valence-corrected chi connectivity index (χ1v) is 27.6. The van der Waals surface area contributed by atoms with Gasteiger partial charge in [0.05, 0.1) is 6.16 Å². The topological polar surface area (TPSA) is 64.1 Å². The van der Waals surface area contributed by atoms with Crippen molar-refractivity contribution in [3.05, 3.63) is 203 Å². The Balaban J connectivity index is 0.894. The van der Waals surface area contributed by atoms with Crippen LogP contribution in [0.2, 0.25) is 13.1 Å². The molecule has 1 saturated heterocycles. The number of phenols is 1. The smallest absolute Gasteiger partial charge is 0.253 e. The van der Waals surface area contributed by atoms with Gasteiger partial charge >= 0.3 is 0 Å². The highest BCUT2D eigenvalue weighted by atomic mass is 31.2. The van der Waals surface area contributed by atoms with Gasteiger partial charge in [-0.2, -0.15) is 0 Å². The van der Waals surface area contributed by atoms with Crippen molar-refractivity contribution >= 4 is 65.1 Å². The zero-order chi connectivity index (χ0) is 44.4. The molecular weight excluding hydrogens is 822 g/mol. The van der Waals surface area contributed by atoms with E-state index in [4.69, 9.17) is 0 Å². The summed E-state index contributed by atoms with van der Waals surface area (Å²) in [5.41, 5.74) is 8.23. The van der Waals surface area contributed by atoms with Gasteiger partial charge in [0.25, 0.3) is 5.91 Å². The number of anilines is 2. The van der Waals surface area contributed by atoms with Crippen LogP contribution in [0, 0.1) is 6.92 Å². The molecule has 8 heteroatoms. The predicted molar refractivity (Wildman–Crippen MR) is 271 cm³/mol. The first-order valence-electron chi connectivity index (χ1n) is 22.6. The Bertz CT molecular complexity index is 2680. The summed E-state index contributed by atoms with van der Waals surface area (Å²) in [6, 6.07) is 53.5. The Labute approximate surface area is 380 Å². The number of piperazine rings is 1. The zero-order valence-electron chi connectivity index (χ0n) is 37.4. The van der Waals surface area contributed by atoms with Gasteiger partial charge in [-0.15, -0.1) is 0 Å². The average molecular weight is 879 g/mol. The van der Waals surface area contributed by atoms with Crippen molar-refractivity contribution < 1.29 is 14.7 Å². The highest BCUT2D eigenvalue weighted by Gasteiger charge is 2.45. The predicted octanol–water partition coefficient (Wildman–Crippen LogP) is 9.34. The molecule has 6 aromatic carbocycles. The number of amides is 1. The molecule has 6 nitrogen and oxygen atoms in total. The molecule has 1 amide bonds. The summed E-state index contributed by atoms with van der Waals surface area (Å²) in [5, 5.41) is 16.6. The molecular formula is C56H57N3O3PSi+. The minimum Gasteiger partial charge on any atom is -0.508 e. The van der Waals surface area contributed by atoms with Crippen LogP contribution < -0.4 is 26.0 Å². The van der Waals surface area contributed by atoms with Crippen LogP contribution in [-0.4, -0.2) is 80.6 Å². The number of phenolic OH excluding ortho intramolecular Hbond substituents is 1. The van der Waals surface area contributed by atoms with E-state index in [1.807, 2.05) is 42.3 Å². The van der Waals surface area contributed by atoms with Crippen LogP contribution in [0.3, 0.4) is 0 Å². The van der Waals surface area contributed by atoms with Crippen molar-refractivity contribution in [1.29, 1.82) is 0 Å². The quantitative estimate of drug-likeness (QED) is 0.0755. The van der Waals surface area contributed by atoms with E-state index in [0.717, 1.165) is 77.5 Å². The Morgan fingerprint density at radius 2 is 1.27 bits per heavy atom. The van der Waals surface area contributed by atoms with Crippen LogP contribution in [0.1, 0.15) is 39.9 Å². The molecule has 9 rings (SSSR count). The maximum Gasteiger partial charge on any atom is 0.253 e. The number of benzene rings is 6. The summed E-state index contributed by atoms with van der Waals surface area (Å²) in [4.78, 5) is 33.7. The molecule has 0 radical (unpaired) electrons. The molecule has 0 bridgehead atoms. The Morgan fingerprint density at radius 1 is 0.688 bits per heavy atom. The molecule has 6 aromatic rings. The lowest BCUT2D eigenvalue weighted by molar-refractivity contribution is -0.110. The third kappa shape index (κ3) is 8.25. The lowest BCUT2D eigenvalue weighted by Gasteiger charge is -2.38. The largest absolute Gasteiger partial charge is 0.508 e. The van der Waals surface area contributed by atoms with Gasteiger partial charge in [-0.3, -0.25) is 14.5 Å². The minimum absolute atomic E-state index is 0.0230. The molecule has 1 aliphatic carbocycles. The van der Waals surface area contributed by atoms with E-state index >= 15 is 0 Å². The summed E-state index contributed by atoms with van der Waals surface area (Å²) < 4.78 is 0. The summed E-state index contributed by atoms with van der Waals surface area (Å²) >= 11 is 0. The first-order chi connectivity index (χ1) is 31.0. The molecule has 64 heavy (non-hydrogen) atoms. The molecule has 2 heterocycles. The summed E-state index contributed by atoms with van der Waals surface area (Å²) in [7, 11) is -2.12. The summed E-state index contributed by atoms with van der Waals surface area (Å²) in [6.45, 7) is 11.0. The third-order valence-corrected chi connectivity index (χ3v) is 21.8. The molecule has 0 saturated carbocycles. The highest BCUT2D eigenvalue weighted by molar-refractivity contribution is 7.95. The molecule has 0 unspecified atom stereocenters. The number of allylic oxidation sites excluding steroid dienone is 5. The first kappa shape index (κ1) is 43.2. The van der Waals surface area contributed by atoms with Crippen LogP contribution in [0.4, 0.5) is 11.4 Å². The van der Waals surface area contributed by atoms with Crippen LogP contribution in [0.25, 0.3) is 5.57 Å². The van der Waals surface area contributed by atoms with Crippen LogP contribution >= 0.6 is 7.26 Å². The summed E-state index contributed by atoms with van der Waals surface area (Å²) in [5.74, 6) is 0.340. The van der Waals surface area contributed by atoms with Gasteiger partial charge in [0, 0.05) is 50.2 Å². The van der Waals surface area contributed by atoms with Gasteiger partial charge in [0.1, 0.15) is 37.0 Å². The second-order valence-corrected chi connectivity index (χ2v) is 25.9. The Kier molecular flexibility index (Phi) is 12.3. The molecule has 1 N–H and O–H groups in total. The minimum atomic E-state index is -2.31. The van der Waals surface area contributed by atoms with Crippen LogP contribution in [-0.2, 0) is 4.79 Å². The number of ketones is 1. The molecule has 1 fully saturated rings.